The molecule has 5 nitrogen and oxygen atoms in total. The van der Waals surface area contributed by atoms with Crippen LogP contribution in [0.2, 0.25) is 0 Å². The highest BCUT2D eigenvalue weighted by molar-refractivity contribution is 5.94. The average molecular weight is 279 g/mol. The molecule has 0 atom stereocenters. The van der Waals surface area contributed by atoms with E-state index in [1.807, 2.05) is 30.3 Å². The van der Waals surface area contributed by atoms with Crippen molar-refractivity contribution >= 4 is 23.2 Å². The number of rotatable bonds is 1. The van der Waals surface area contributed by atoms with Crippen LogP contribution in [0.15, 0.2) is 48.5 Å². The maximum atomic E-state index is 11.3. The summed E-state index contributed by atoms with van der Waals surface area (Å²) in [5.74, 6) is 0. The summed E-state index contributed by atoms with van der Waals surface area (Å²) in [6.07, 6.45) is -0.943. The van der Waals surface area contributed by atoms with Crippen molar-refractivity contribution < 1.29 is 9.90 Å². The number of hydrogen-bond donors (Lipinski definition) is 1. The molecule has 0 fully saturated rings. The summed E-state index contributed by atoms with van der Waals surface area (Å²) >= 11 is 0. The van der Waals surface area contributed by atoms with Gasteiger partial charge in [0.25, 0.3) is 0 Å². The SMILES string of the molecule is N#Cc1ccc(N2CCN(C(=O)O)c3ccccc32)cc1. The van der Waals surface area contributed by atoms with Crippen LogP contribution in [0.25, 0.3) is 0 Å². The van der Waals surface area contributed by atoms with Crippen molar-refractivity contribution in [1.29, 1.82) is 5.26 Å². The van der Waals surface area contributed by atoms with Gasteiger partial charge in [-0.05, 0) is 36.4 Å². The smallest absolute Gasteiger partial charge is 0.411 e. The number of fused-ring (bicyclic) bond motifs is 1. The highest BCUT2D eigenvalue weighted by Crippen LogP contribution is 2.37. The lowest BCUT2D eigenvalue weighted by atomic mass is 10.1. The van der Waals surface area contributed by atoms with Crippen LogP contribution in [-0.2, 0) is 0 Å². The standard InChI is InChI=1S/C16H13N3O2/c17-11-12-5-7-13(8-6-12)18-9-10-19(16(20)21)15-4-2-1-3-14(15)18/h1-8H,9-10H2,(H,20,21). The van der Waals surface area contributed by atoms with E-state index in [1.54, 1.807) is 18.2 Å². The number of nitrogens with zero attached hydrogens (tertiary/aromatic N) is 3. The molecule has 5 heteroatoms. The van der Waals surface area contributed by atoms with Gasteiger partial charge in [-0.1, -0.05) is 12.1 Å². The van der Waals surface area contributed by atoms with E-state index < -0.39 is 6.09 Å². The van der Waals surface area contributed by atoms with Crippen LogP contribution in [0.1, 0.15) is 5.56 Å². The van der Waals surface area contributed by atoms with Crippen LogP contribution >= 0.6 is 0 Å². The van der Waals surface area contributed by atoms with Crippen molar-refractivity contribution in [3.8, 4) is 6.07 Å². The lowest BCUT2D eigenvalue weighted by molar-refractivity contribution is 0.201. The number of amides is 1. The van der Waals surface area contributed by atoms with Crippen LogP contribution < -0.4 is 9.80 Å². The second-order valence-corrected chi connectivity index (χ2v) is 4.73. The van der Waals surface area contributed by atoms with Crippen molar-refractivity contribution in [2.45, 2.75) is 0 Å². The Labute approximate surface area is 122 Å². The molecule has 1 aliphatic rings. The molecular weight excluding hydrogens is 266 g/mol. The van der Waals surface area contributed by atoms with E-state index >= 15 is 0 Å². The molecule has 3 rings (SSSR count). The van der Waals surface area contributed by atoms with Gasteiger partial charge in [0, 0.05) is 18.8 Å². The fraction of sp³-hybridized carbons (Fsp3) is 0.125. The quantitative estimate of drug-likeness (QED) is 0.870. The van der Waals surface area contributed by atoms with Gasteiger partial charge < -0.3 is 10.0 Å². The van der Waals surface area contributed by atoms with Gasteiger partial charge in [0.1, 0.15) is 0 Å². The third-order valence-corrected chi connectivity index (χ3v) is 3.55. The molecule has 0 spiro atoms. The van der Waals surface area contributed by atoms with E-state index in [0.717, 1.165) is 11.4 Å². The number of nitriles is 1. The number of hydrogen-bond acceptors (Lipinski definition) is 3. The van der Waals surface area contributed by atoms with E-state index in [0.29, 0.717) is 24.3 Å². The second-order valence-electron chi connectivity index (χ2n) is 4.73. The van der Waals surface area contributed by atoms with Gasteiger partial charge in [-0.3, -0.25) is 4.90 Å². The summed E-state index contributed by atoms with van der Waals surface area (Å²) < 4.78 is 0. The maximum Gasteiger partial charge on any atom is 0.411 e. The number of benzene rings is 2. The van der Waals surface area contributed by atoms with E-state index in [1.165, 1.54) is 4.90 Å². The number of carbonyl (C=O) groups is 1. The van der Waals surface area contributed by atoms with Gasteiger partial charge in [0.15, 0.2) is 0 Å². The van der Waals surface area contributed by atoms with Crippen molar-refractivity contribution in [2.75, 3.05) is 22.9 Å². The topological polar surface area (TPSA) is 67.6 Å². The molecule has 0 aliphatic carbocycles. The van der Waals surface area contributed by atoms with Crippen LogP contribution in [0.5, 0.6) is 0 Å². The molecule has 21 heavy (non-hydrogen) atoms. The molecule has 1 heterocycles. The Morgan fingerprint density at radius 3 is 2.33 bits per heavy atom. The van der Waals surface area contributed by atoms with Gasteiger partial charge >= 0.3 is 6.09 Å². The lowest BCUT2D eigenvalue weighted by Gasteiger charge is -2.36. The fourth-order valence-corrected chi connectivity index (χ4v) is 2.54. The Bertz CT molecular complexity index is 719. The minimum absolute atomic E-state index is 0.409. The first-order valence-electron chi connectivity index (χ1n) is 6.58. The Balaban J connectivity index is 2.03. The fourth-order valence-electron chi connectivity index (χ4n) is 2.54. The van der Waals surface area contributed by atoms with E-state index in [4.69, 9.17) is 5.26 Å². The first-order valence-corrected chi connectivity index (χ1v) is 6.58. The Hall–Kier alpha value is -3.00. The van der Waals surface area contributed by atoms with Crippen molar-refractivity contribution in [1.82, 2.24) is 0 Å². The van der Waals surface area contributed by atoms with E-state index in [9.17, 15) is 9.90 Å². The third-order valence-electron chi connectivity index (χ3n) is 3.55. The predicted octanol–water partition coefficient (Wildman–Crippen LogP) is 3.19. The molecule has 0 saturated heterocycles. The normalized spacial score (nSPS) is 13.5. The van der Waals surface area contributed by atoms with Crippen LogP contribution in [0.4, 0.5) is 21.9 Å². The summed E-state index contributed by atoms with van der Waals surface area (Å²) in [6, 6.07) is 16.8. The molecule has 104 valence electrons. The van der Waals surface area contributed by atoms with Gasteiger partial charge in [-0.15, -0.1) is 0 Å². The third kappa shape index (κ3) is 2.28. The molecule has 2 aromatic rings. The van der Waals surface area contributed by atoms with E-state index in [2.05, 4.69) is 11.0 Å². The highest BCUT2D eigenvalue weighted by Gasteiger charge is 2.26. The van der Waals surface area contributed by atoms with Crippen molar-refractivity contribution in [2.24, 2.45) is 0 Å². The van der Waals surface area contributed by atoms with Crippen LogP contribution in [0.3, 0.4) is 0 Å². The largest absolute Gasteiger partial charge is 0.465 e. The zero-order valence-electron chi connectivity index (χ0n) is 11.2. The van der Waals surface area contributed by atoms with E-state index in [-0.39, 0.29) is 0 Å². The number of anilines is 3. The first kappa shape index (κ1) is 13.0. The minimum atomic E-state index is -0.943. The van der Waals surface area contributed by atoms with Crippen molar-refractivity contribution in [3.05, 3.63) is 54.1 Å². The molecule has 2 aromatic carbocycles. The summed E-state index contributed by atoms with van der Waals surface area (Å²) in [5, 5.41) is 18.1. The van der Waals surface area contributed by atoms with Gasteiger partial charge in [0.05, 0.1) is 23.0 Å². The molecule has 1 aliphatic heterocycles. The molecule has 0 aromatic heterocycles. The zero-order valence-corrected chi connectivity index (χ0v) is 11.2. The molecule has 1 amide bonds. The molecule has 0 saturated carbocycles. The van der Waals surface area contributed by atoms with Gasteiger partial charge in [-0.2, -0.15) is 5.26 Å². The second kappa shape index (κ2) is 5.17. The summed E-state index contributed by atoms with van der Waals surface area (Å²) in [6.45, 7) is 0.988. The number of para-hydroxylation sites is 2. The summed E-state index contributed by atoms with van der Waals surface area (Å²) in [5.41, 5.74) is 3.10. The maximum absolute atomic E-state index is 11.3. The highest BCUT2D eigenvalue weighted by atomic mass is 16.4. The Morgan fingerprint density at radius 1 is 1.05 bits per heavy atom. The molecule has 0 radical (unpaired) electrons. The molecule has 0 bridgehead atoms. The Morgan fingerprint density at radius 2 is 1.71 bits per heavy atom. The predicted molar refractivity (Wildman–Crippen MR) is 80.0 cm³/mol. The minimum Gasteiger partial charge on any atom is -0.465 e. The number of carboxylic acid groups (broad SMARTS) is 1. The summed E-state index contributed by atoms with van der Waals surface area (Å²) in [4.78, 5) is 14.7. The zero-order chi connectivity index (χ0) is 14.8. The molecule has 0 unspecified atom stereocenters. The first-order chi connectivity index (χ1) is 10.2. The van der Waals surface area contributed by atoms with Gasteiger partial charge in [0.2, 0.25) is 0 Å². The Kier molecular flexibility index (Phi) is 3.20. The van der Waals surface area contributed by atoms with Crippen molar-refractivity contribution in [3.63, 3.8) is 0 Å². The van der Waals surface area contributed by atoms with Gasteiger partial charge in [-0.25, -0.2) is 4.79 Å². The average Bonchev–Trinajstić information content (AvgIpc) is 2.54. The lowest BCUT2D eigenvalue weighted by Crippen LogP contribution is -2.41. The van der Waals surface area contributed by atoms with Crippen LogP contribution in [0, 0.1) is 11.3 Å². The molecule has 1 N–H and O–H groups in total. The summed E-state index contributed by atoms with van der Waals surface area (Å²) in [7, 11) is 0. The van der Waals surface area contributed by atoms with Crippen LogP contribution in [-0.4, -0.2) is 24.3 Å². The monoisotopic (exact) mass is 279 g/mol. The molecular formula is C16H13N3O2.